The third kappa shape index (κ3) is 3.58. The number of amides is 2. The lowest BCUT2D eigenvalue weighted by atomic mass is 9.93. The van der Waals surface area contributed by atoms with E-state index in [4.69, 9.17) is 4.42 Å². The summed E-state index contributed by atoms with van der Waals surface area (Å²) < 4.78 is 6.71. The summed E-state index contributed by atoms with van der Waals surface area (Å²) in [5, 5.41) is 4.32. The molecule has 26 heavy (non-hydrogen) atoms. The van der Waals surface area contributed by atoms with Crippen LogP contribution >= 0.6 is 15.9 Å². The average Bonchev–Trinajstić information content (AvgIpc) is 2.97. The van der Waals surface area contributed by atoms with Crippen LogP contribution in [0.2, 0.25) is 0 Å². The quantitative estimate of drug-likeness (QED) is 0.776. The summed E-state index contributed by atoms with van der Waals surface area (Å²) in [7, 11) is 3.38. The van der Waals surface area contributed by atoms with E-state index < -0.39 is 0 Å². The Hall–Kier alpha value is -2.41. The maximum Gasteiger partial charge on any atom is 0.289 e. The lowest BCUT2D eigenvalue weighted by Crippen LogP contribution is -2.23. The minimum Gasteiger partial charge on any atom is -0.455 e. The van der Waals surface area contributed by atoms with Gasteiger partial charge in [0.2, 0.25) is 0 Å². The molecule has 136 valence electrons. The number of hydrogen-bond donors (Lipinski definition) is 1. The minimum absolute atomic E-state index is 0.171. The van der Waals surface area contributed by atoms with E-state index in [1.54, 1.807) is 38.4 Å². The molecule has 1 aliphatic carbocycles. The summed E-state index contributed by atoms with van der Waals surface area (Å²) in [5.41, 5.74) is 5.51. The second kappa shape index (κ2) is 7.45. The molecule has 7 heteroatoms. The van der Waals surface area contributed by atoms with Gasteiger partial charge in [-0.25, -0.2) is 5.43 Å². The lowest BCUT2D eigenvalue weighted by Gasteiger charge is -2.13. The number of fused-ring (bicyclic) bond motifs is 1. The molecule has 0 unspecified atom stereocenters. The molecule has 0 bridgehead atoms. The van der Waals surface area contributed by atoms with Crippen molar-refractivity contribution < 1.29 is 14.0 Å². The normalized spacial score (nSPS) is 14.8. The molecule has 0 saturated carbocycles. The van der Waals surface area contributed by atoms with Gasteiger partial charge in [0, 0.05) is 41.7 Å². The first-order chi connectivity index (χ1) is 12.4. The number of hydrogen-bond acceptors (Lipinski definition) is 4. The summed E-state index contributed by atoms with van der Waals surface area (Å²) in [5.74, 6) is 0.655. The summed E-state index contributed by atoms with van der Waals surface area (Å²) in [6.45, 7) is 1.86. The number of carbonyl (C=O) groups is 2. The maximum atomic E-state index is 12.3. The van der Waals surface area contributed by atoms with Crippen LogP contribution in [0.3, 0.4) is 0 Å². The molecule has 0 spiro atoms. The maximum absolute atomic E-state index is 12.3. The zero-order valence-electron chi connectivity index (χ0n) is 14.9. The summed E-state index contributed by atoms with van der Waals surface area (Å²) in [6.07, 6.45) is 2.35. The van der Waals surface area contributed by atoms with Gasteiger partial charge in [-0.15, -0.1) is 0 Å². The molecule has 1 aromatic heterocycles. The van der Waals surface area contributed by atoms with Crippen molar-refractivity contribution in [3.63, 3.8) is 0 Å². The van der Waals surface area contributed by atoms with Crippen molar-refractivity contribution in [1.82, 2.24) is 10.3 Å². The Bertz CT molecular complexity index is 882. The Morgan fingerprint density at radius 1 is 1.19 bits per heavy atom. The largest absolute Gasteiger partial charge is 0.455 e. The van der Waals surface area contributed by atoms with Gasteiger partial charge in [-0.2, -0.15) is 5.10 Å². The Morgan fingerprint density at radius 3 is 2.54 bits per heavy atom. The molecule has 0 atom stereocenters. The van der Waals surface area contributed by atoms with Crippen LogP contribution in [0.15, 0.2) is 38.3 Å². The highest BCUT2D eigenvalue weighted by Crippen LogP contribution is 2.30. The zero-order valence-corrected chi connectivity index (χ0v) is 16.5. The van der Waals surface area contributed by atoms with E-state index >= 15 is 0 Å². The van der Waals surface area contributed by atoms with Crippen LogP contribution in [-0.4, -0.2) is 36.5 Å². The summed E-state index contributed by atoms with van der Waals surface area (Å²) in [6, 6.07) is 7.06. The standard InChI is InChI=1S/C19H20BrN3O3/c1-11-16-14(21-22-18(24)12-7-9-13(20)10-8-12)5-4-6-15(16)26-17(11)19(25)23(2)3/h7-10H,4-6H2,1-3H3,(H,22,24)/b21-14+. The molecule has 6 nitrogen and oxygen atoms in total. The third-order valence-corrected chi connectivity index (χ3v) is 4.85. The molecular formula is C19H20BrN3O3. The van der Waals surface area contributed by atoms with Crippen LogP contribution in [-0.2, 0) is 6.42 Å². The fourth-order valence-electron chi connectivity index (χ4n) is 2.97. The highest BCUT2D eigenvalue weighted by Gasteiger charge is 2.28. The monoisotopic (exact) mass is 417 g/mol. The molecule has 0 aliphatic heterocycles. The molecule has 1 heterocycles. The van der Waals surface area contributed by atoms with E-state index in [2.05, 4.69) is 26.5 Å². The van der Waals surface area contributed by atoms with E-state index in [1.165, 1.54) is 4.90 Å². The highest BCUT2D eigenvalue weighted by atomic mass is 79.9. The fraction of sp³-hybridized carbons (Fsp3) is 0.316. The van der Waals surface area contributed by atoms with E-state index in [0.717, 1.165) is 46.3 Å². The number of hydrazone groups is 1. The van der Waals surface area contributed by atoms with E-state index in [0.29, 0.717) is 11.3 Å². The first-order valence-corrected chi connectivity index (χ1v) is 9.14. The van der Waals surface area contributed by atoms with Gasteiger partial charge in [-0.1, -0.05) is 15.9 Å². The van der Waals surface area contributed by atoms with Crippen molar-refractivity contribution in [1.29, 1.82) is 0 Å². The van der Waals surface area contributed by atoms with Crippen LogP contribution in [0.4, 0.5) is 0 Å². The van der Waals surface area contributed by atoms with E-state index in [9.17, 15) is 9.59 Å². The van der Waals surface area contributed by atoms with E-state index in [-0.39, 0.29) is 11.8 Å². The van der Waals surface area contributed by atoms with Crippen LogP contribution in [0.1, 0.15) is 50.6 Å². The van der Waals surface area contributed by atoms with Crippen molar-refractivity contribution in [2.75, 3.05) is 14.1 Å². The first-order valence-electron chi connectivity index (χ1n) is 8.35. The topological polar surface area (TPSA) is 74.9 Å². The Labute approximate surface area is 160 Å². The SMILES string of the molecule is Cc1c(C(=O)N(C)C)oc2c1/C(=N/NC(=O)c1ccc(Br)cc1)CCC2. The molecule has 0 fully saturated rings. The number of rotatable bonds is 3. The number of benzene rings is 1. The van der Waals surface area contributed by atoms with Gasteiger partial charge in [0.15, 0.2) is 5.76 Å². The van der Waals surface area contributed by atoms with Gasteiger partial charge < -0.3 is 9.32 Å². The molecule has 2 aromatic rings. The van der Waals surface area contributed by atoms with Crippen molar-refractivity contribution >= 4 is 33.5 Å². The molecule has 0 radical (unpaired) electrons. The highest BCUT2D eigenvalue weighted by molar-refractivity contribution is 9.10. The van der Waals surface area contributed by atoms with Gasteiger partial charge in [0.05, 0.1) is 5.71 Å². The number of carbonyl (C=O) groups excluding carboxylic acids is 2. The summed E-state index contributed by atoms with van der Waals surface area (Å²) in [4.78, 5) is 26.1. The van der Waals surface area contributed by atoms with Crippen LogP contribution < -0.4 is 5.43 Å². The van der Waals surface area contributed by atoms with Crippen molar-refractivity contribution in [3.05, 3.63) is 56.9 Å². The minimum atomic E-state index is -0.275. The second-order valence-corrected chi connectivity index (χ2v) is 7.33. The molecular weight excluding hydrogens is 398 g/mol. The summed E-state index contributed by atoms with van der Waals surface area (Å²) >= 11 is 3.35. The van der Waals surface area contributed by atoms with Crippen molar-refractivity contribution in [2.24, 2.45) is 5.10 Å². The van der Waals surface area contributed by atoms with Gasteiger partial charge in [0.25, 0.3) is 11.8 Å². The number of furan rings is 1. The van der Waals surface area contributed by atoms with Gasteiger partial charge >= 0.3 is 0 Å². The third-order valence-electron chi connectivity index (χ3n) is 4.32. The van der Waals surface area contributed by atoms with Crippen LogP contribution in [0.25, 0.3) is 0 Å². The van der Waals surface area contributed by atoms with Gasteiger partial charge in [0.1, 0.15) is 5.76 Å². The molecule has 0 saturated heterocycles. The number of nitrogens with zero attached hydrogens (tertiary/aromatic N) is 2. The van der Waals surface area contributed by atoms with Crippen LogP contribution in [0, 0.1) is 6.92 Å². The Balaban J connectivity index is 1.87. The molecule has 1 aliphatic rings. The van der Waals surface area contributed by atoms with Gasteiger partial charge in [-0.3, -0.25) is 9.59 Å². The Kier molecular flexibility index (Phi) is 5.27. The predicted molar refractivity (Wildman–Crippen MR) is 103 cm³/mol. The van der Waals surface area contributed by atoms with Gasteiger partial charge in [-0.05, 0) is 44.0 Å². The second-order valence-electron chi connectivity index (χ2n) is 6.41. The van der Waals surface area contributed by atoms with Crippen LogP contribution in [0.5, 0.6) is 0 Å². The number of nitrogens with one attached hydrogen (secondary N) is 1. The molecule has 2 amide bonds. The lowest BCUT2D eigenvalue weighted by molar-refractivity contribution is 0.0793. The average molecular weight is 418 g/mol. The molecule has 1 aromatic carbocycles. The Morgan fingerprint density at radius 2 is 1.88 bits per heavy atom. The van der Waals surface area contributed by atoms with Crippen molar-refractivity contribution in [3.8, 4) is 0 Å². The smallest absolute Gasteiger partial charge is 0.289 e. The number of halogens is 1. The fourth-order valence-corrected chi connectivity index (χ4v) is 3.24. The van der Waals surface area contributed by atoms with E-state index in [1.807, 2.05) is 6.92 Å². The predicted octanol–water partition coefficient (Wildman–Crippen LogP) is 3.52. The first kappa shape index (κ1) is 18.4. The molecule has 1 N–H and O–H groups in total. The zero-order chi connectivity index (χ0) is 18.8. The number of aryl methyl sites for hydroxylation is 1. The molecule has 3 rings (SSSR count). The van der Waals surface area contributed by atoms with Crippen molar-refractivity contribution in [2.45, 2.75) is 26.2 Å².